The maximum atomic E-state index is 12.4. The Balaban J connectivity index is 1.51. The second kappa shape index (κ2) is 18.3. The lowest BCUT2D eigenvalue weighted by molar-refractivity contribution is -0.115. The van der Waals surface area contributed by atoms with Crippen molar-refractivity contribution < 1.29 is 4.79 Å². The van der Waals surface area contributed by atoms with Crippen LogP contribution >= 0.6 is 0 Å². The number of hydrogen-bond donors (Lipinski definition) is 5. The highest BCUT2D eigenvalue weighted by atomic mass is 16.1. The largest absolute Gasteiger partial charge is 0.330 e. The predicted octanol–water partition coefficient (Wildman–Crippen LogP) is 5.00. The molecule has 6 N–H and O–H groups in total. The van der Waals surface area contributed by atoms with Crippen molar-refractivity contribution in [2.45, 2.75) is 59.8 Å². The van der Waals surface area contributed by atoms with Gasteiger partial charge in [0.05, 0.1) is 6.54 Å². The molecule has 0 bridgehead atoms. The fraction of sp³-hybridized carbons (Fsp3) is 0.645. The third-order valence-electron chi connectivity index (χ3n) is 7.21. The lowest BCUT2D eigenvalue weighted by atomic mass is 9.97. The van der Waals surface area contributed by atoms with E-state index < -0.39 is 0 Å². The number of rotatable bonds is 20. The van der Waals surface area contributed by atoms with Crippen molar-refractivity contribution in [3.8, 4) is 0 Å². The van der Waals surface area contributed by atoms with E-state index in [1.165, 1.54) is 25.7 Å². The van der Waals surface area contributed by atoms with Gasteiger partial charge in [0.25, 0.3) is 0 Å². The Hall–Kier alpha value is -1.99. The molecular weight excluding hydrogens is 458 g/mol. The molecule has 2 rings (SSSR count). The molecule has 4 atom stereocenters. The number of nitrogens with one attached hydrogen (secondary N) is 4. The predicted molar refractivity (Wildman–Crippen MR) is 160 cm³/mol. The molecule has 4 unspecified atom stereocenters. The van der Waals surface area contributed by atoms with E-state index in [9.17, 15) is 4.79 Å². The number of carbonyl (C=O) groups excluding carboxylic acids is 1. The first-order valence-corrected chi connectivity index (χ1v) is 14.5. The highest BCUT2D eigenvalue weighted by Crippen LogP contribution is 2.22. The Morgan fingerprint density at radius 1 is 0.811 bits per heavy atom. The van der Waals surface area contributed by atoms with Crippen LogP contribution in [0.15, 0.2) is 42.5 Å². The van der Waals surface area contributed by atoms with E-state index in [1.54, 1.807) is 0 Å². The van der Waals surface area contributed by atoms with Gasteiger partial charge in [0.2, 0.25) is 5.91 Å². The highest BCUT2D eigenvalue weighted by molar-refractivity contribution is 6.02. The van der Waals surface area contributed by atoms with Gasteiger partial charge in [-0.1, -0.05) is 70.5 Å². The first kappa shape index (κ1) is 31.2. The van der Waals surface area contributed by atoms with Crippen molar-refractivity contribution in [1.82, 2.24) is 16.0 Å². The molecule has 0 spiro atoms. The molecule has 0 heterocycles. The summed E-state index contributed by atoms with van der Waals surface area (Å²) in [6.07, 6.45) is 5.99. The summed E-state index contributed by atoms with van der Waals surface area (Å²) in [6, 6.07) is 14.1. The van der Waals surface area contributed by atoms with Crippen LogP contribution in [-0.2, 0) is 4.79 Å². The third-order valence-corrected chi connectivity index (χ3v) is 7.21. The number of anilines is 1. The zero-order valence-corrected chi connectivity index (χ0v) is 23.8. The molecule has 0 saturated heterocycles. The van der Waals surface area contributed by atoms with Crippen molar-refractivity contribution in [3.05, 3.63) is 42.5 Å². The van der Waals surface area contributed by atoms with Gasteiger partial charge in [0.15, 0.2) is 0 Å². The molecule has 0 aromatic heterocycles. The smallest absolute Gasteiger partial charge is 0.238 e. The van der Waals surface area contributed by atoms with Gasteiger partial charge in [0, 0.05) is 11.1 Å². The monoisotopic (exact) mass is 511 g/mol. The SMILES string of the molecule is CCCC(CN)CCNCC(C)CCNCC(C)CC(C)CNCC(=O)Nc1cccc2ccccc12. The second-order valence-corrected chi connectivity index (χ2v) is 11.1. The zero-order valence-electron chi connectivity index (χ0n) is 23.8. The van der Waals surface area contributed by atoms with E-state index in [0.29, 0.717) is 30.2 Å². The van der Waals surface area contributed by atoms with Gasteiger partial charge in [-0.15, -0.1) is 0 Å². The normalized spacial score (nSPS) is 14.8. The third kappa shape index (κ3) is 12.9. The average molecular weight is 512 g/mol. The summed E-state index contributed by atoms with van der Waals surface area (Å²) in [6.45, 7) is 15.4. The fourth-order valence-corrected chi connectivity index (χ4v) is 5.06. The first-order valence-electron chi connectivity index (χ1n) is 14.5. The summed E-state index contributed by atoms with van der Waals surface area (Å²) >= 11 is 0. The number of carbonyl (C=O) groups is 1. The lowest BCUT2D eigenvalue weighted by Crippen LogP contribution is -2.32. The number of hydrogen-bond acceptors (Lipinski definition) is 5. The number of amides is 1. The molecule has 0 fully saturated rings. The summed E-state index contributed by atoms with van der Waals surface area (Å²) in [5.41, 5.74) is 6.73. The minimum Gasteiger partial charge on any atom is -0.330 e. The Kier molecular flexibility index (Phi) is 15.4. The van der Waals surface area contributed by atoms with E-state index in [1.807, 2.05) is 30.3 Å². The maximum Gasteiger partial charge on any atom is 0.238 e. The van der Waals surface area contributed by atoms with E-state index >= 15 is 0 Å². The molecule has 0 aliphatic rings. The minimum absolute atomic E-state index is 0.00188. The molecule has 6 nitrogen and oxygen atoms in total. The maximum absolute atomic E-state index is 12.4. The lowest BCUT2D eigenvalue weighted by Gasteiger charge is -2.19. The Labute approximate surface area is 225 Å². The van der Waals surface area contributed by atoms with Crippen LogP contribution in [0.2, 0.25) is 0 Å². The summed E-state index contributed by atoms with van der Waals surface area (Å²) in [7, 11) is 0. The second-order valence-electron chi connectivity index (χ2n) is 11.1. The molecule has 1 amide bonds. The number of nitrogens with two attached hydrogens (primary N) is 1. The molecule has 0 aliphatic heterocycles. The number of benzene rings is 2. The standard InChI is InChI=1S/C31H53N5O/c1-5-9-27(19-32)15-17-34-20-24(2)14-16-33-21-25(3)18-26(4)22-35-23-31(37)36-30-13-8-11-28-10-6-7-12-29(28)30/h6-8,10-13,24-27,33-35H,5,9,14-23,32H2,1-4H3,(H,36,37). The fourth-order valence-electron chi connectivity index (χ4n) is 5.06. The molecule has 37 heavy (non-hydrogen) atoms. The van der Waals surface area contributed by atoms with Gasteiger partial charge >= 0.3 is 0 Å². The summed E-state index contributed by atoms with van der Waals surface area (Å²) < 4.78 is 0. The van der Waals surface area contributed by atoms with Crippen LogP contribution in [0.4, 0.5) is 5.69 Å². The van der Waals surface area contributed by atoms with Gasteiger partial charge in [-0.25, -0.2) is 0 Å². The molecule has 0 saturated carbocycles. The van der Waals surface area contributed by atoms with Gasteiger partial charge in [-0.05, 0) is 100 Å². The van der Waals surface area contributed by atoms with Crippen LogP contribution in [0.25, 0.3) is 10.8 Å². The molecular formula is C31H53N5O. The van der Waals surface area contributed by atoms with Gasteiger partial charge in [-0.3, -0.25) is 4.79 Å². The molecule has 6 heteroatoms. The van der Waals surface area contributed by atoms with E-state index in [2.05, 4.69) is 61.1 Å². The van der Waals surface area contributed by atoms with Gasteiger partial charge in [-0.2, -0.15) is 0 Å². The van der Waals surface area contributed by atoms with Crippen molar-refractivity contribution in [1.29, 1.82) is 0 Å². The van der Waals surface area contributed by atoms with Crippen LogP contribution in [0.1, 0.15) is 59.8 Å². The average Bonchev–Trinajstić information content (AvgIpc) is 2.88. The minimum atomic E-state index is 0.00188. The zero-order chi connectivity index (χ0) is 26.9. The van der Waals surface area contributed by atoms with Crippen molar-refractivity contribution >= 4 is 22.4 Å². The Morgan fingerprint density at radius 3 is 2.19 bits per heavy atom. The van der Waals surface area contributed by atoms with Gasteiger partial charge in [0.1, 0.15) is 0 Å². The van der Waals surface area contributed by atoms with Gasteiger partial charge < -0.3 is 27.0 Å². The van der Waals surface area contributed by atoms with Crippen molar-refractivity contribution in [3.63, 3.8) is 0 Å². The molecule has 2 aromatic carbocycles. The topological polar surface area (TPSA) is 91.2 Å². The molecule has 2 aromatic rings. The molecule has 0 aliphatic carbocycles. The van der Waals surface area contributed by atoms with Crippen LogP contribution in [-0.4, -0.2) is 51.7 Å². The van der Waals surface area contributed by atoms with E-state index in [0.717, 1.165) is 62.1 Å². The molecule has 0 radical (unpaired) electrons. The van der Waals surface area contributed by atoms with E-state index in [-0.39, 0.29) is 5.91 Å². The Morgan fingerprint density at radius 2 is 1.46 bits per heavy atom. The van der Waals surface area contributed by atoms with Crippen LogP contribution in [0.5, 0.6) is 0 Å². The molecule has 208 valence electrons. The first-order chi connectivity index (χ1) is 17.9. The Bertz CT molecular complexity index is 884. The quantitative estimate of drug-likeness (QED) is 0.161. The summed E-state index contributed by atoms with van der Waals surface area (Å²) in [4.78, 5) is 12.4. The summed E-state index contributed by atoms with van der Waals surface area (Å²) in [5, 5.41) is 15.8. The van der Waals surface area contributed by atoms with Crippen LogP contribution in [0.3, 0.4) is 0 Å². The van der Waals surface area contributed by atoms with Crippen LogP contribution < -0.4 is 27.0 Å². The van der Waals surface area contributed by atoms with Crippen molar-refractivity contribution in [2.24, 2.45) is 29.4 Å². The number of fused-ring (bicyclic) bond motifs is 1. The van der Waals surface area contributed by atoms with E-state index in [4.69, 9.17) is 5.73 Å². The summed E-state index contributed by atoms with van der Waals surface area (Å²) in [5.74, 6) is 2.48. The highest BCUT2D eigenvalue weighted by Gasteiger charge is 2.11. The van der Waals surface area contributed by atoms with Crippen molar-refractivity contribution in [2.75, 3.05) is 51.1 Å². The van der Waals surface area contributed by atoms with Crippen LogP contribution in [0, 0.1) is 23.7 Å².